The van der Waals surface area contributed by atoms with E-state index in [1.54, 1.807) is 24.3 Å². The number of rotatable bonds is 5. The summed E-state index contributed by atoms with van der Waals surface area (Å²) < 4.78 is 6.09. The van der Waals surface area contributed by atoms with Gasteiger partial charge < -0.3 is 4.74 Å². The molecule has 108 valence electrons. The fourth-order valence-corrected chi connectivity index (χ4v) is 2.04. The van der Waals surface area contributed by atoms with Crippen LogP contribution < -0.4 is 4.74 Å². The van der Waals surface area contributed by atoms with E-state index < -0.39 is 4.92 Å². The second-order valence-electron chi connectivity index (χ2n) is 4.09. The summed E-state index contributed by atoms with van der Waals surface area (Å²) in [5, 5.41) is 11.2. The highest BCUT2D eigenvalue weighted by Gasteiger charge is 2.17. The van der Waals surface area contributed by atoms with E-state index in [4.69, 9.17) is 16.3 Å². The maximum atomic E-state index is 12.0. The number of carbonyl (C=O) groups excluding carboxylic acids is 1. The van der Waals surface area contributed by atoms with E-state index in [0.717, 1.165) is 4.47 Å². The second-order valence-corrected chi connectivity index (χ2v) is 5.44. The van der Waals surface area contributed by atoms with E-state index in [-0.39, 0.29) is 23.8 Å². The zero-order valence-corrected chi connectivity index (χ0v) is 12.9. The minimum Gasteiger partial charge on any atom is -0.478 e. The number of Topliss-reactive ketones (excluding diaryl/α,β-unsaturated/α-hetero) is 1. The number of benzene rings is 2. The normalized spacial score (nSPS) is 10.2. The van der Waals surface area contributed by atoms with Gasteiger partial charge in [0, 0.05) is 27.2 Å². The molecule has 0 atom stereocenters. The van der Waals surface area contributed by atoms with Crippen LogP contribution in [0.15, 0.2) is 46.9 Å². The number of nitrogens with zero attached hydrogens (tertiary/aromatic N) is 1. The number of nitro groups is 1. The maximum Gasteiger partial charge on any atom is 0.311 e. The van der Waals surface area contributed by atoms with E-state index in [1.807, 2.05) is 0 Å². The molecule has 21 heavy (non-hydrogen) atoms. The highest BCUT2D eigenvalue weighted by atomic mass is 79.9. The third-order valence-electron chi connectivity index (χ3n) is 2.64. The number of carbonyl (C=O) groups is 1. The van der Waals surface area contributed by atoms with E-state index in [9.17, 15) is 14.9 Å². The Morgan fingerprint density at radius 1 is 1.24 bits per heavy atom. The van der Waals surface area contributed by atoms with Crippen LogP contribution in [0.4, 0.5) is 5.69 Å². The Morgan fingerprint density at radius 2 is 1.90 bits per heavy atom. The maximum absolute atomic E-state index is 12.0. The van der Waals surface area contributed by atoms with Gasteiger partial charge in [0.2, 0.25) is 0 Å². The molecule has 2 aromatic carbocycles. The van der Waals surface area contributed by atoms with Gasteiger partial charge in [0.1, 0.15) is 0 Å². The van der Waals surface area contributed by atoms with Crippen LogP contribution in [0.1, 0.15) is 10.4 Å². The van der Waals surface area contributed by atoms with Crippen LogP contribution in [0.3, 0.4) is 0 Å². The van der Waals surface area contributed by atoms with Crippen LogP contribution in [0, 0.1) is 10.1 Å². The number of hydrogen-bond donors (Lipinski definition) is 0. The zero-order valence-electron chi connectivity index (χ0n) is 10.6. The van der Waals surface area contributed by atoms with E-state index >= 15 is 0 Å². The third kappa shape index (κ3) is 4.03. The minimum atomic E-state index is -0.588. The molecule has 0 bridgehead atoms. The molecule has 0 fully saturated rings. The number of nitro benzene ring substituents is 1. The fourth-order valence-electron chi connectivity index (χ4n) is 1.62. The molecule has 0 amide bonds. The Bertz CT molecular complexity index is 688. The topological polar surface area (TPSA) is 69.4 Å². The van der Waals surface area contributed by atoms with Gasteiger partial charge in [0.15, 0.2) is 18.1 Å². The summed E-state index contributed by atoms with van der Waals surface area (Å²) in [6, 6.07) is 10.7. The molecule has 7 heteroatoms. The summed E-state index contributed by atoms with van der Waals surface area (Å²) in [7, 11) is 0. The first-order valence-corrected chi connectivity index (χ1v) is 7.00. The summed E-state index contributed by atoms with van der Waals surface area (Å²) >= 11 is 9.05. The molecule has 0 unspecified atom stereocenters. The van der Waals surface area contributed by atoms with Gasteiger partial charge >= 0.3 is 5.69 Å². The minimum absolute atomic E-state index is 0.0297. The lowest BCUT2D eigenvalue weighted by Gasteiger charge is -2.06. The Hall–Kier alpha value is -1.92. The largest absolute Gasteiger partial charge is 0.478 e. The average Bonchev–Trinajstić information content (AvgIpc) is 2.45. The van der Waals surface area contributed by atoms with Crippen molar-refractivity contribution in [2.45, 2.75) is 0 Å². The molecule has 2 rings (SSSR count). The Balaban J connectivity index is 2.12. The van der Waals surface area contributed by atoms with Gasteiger partial charge in [-0.25, -0.2) is 0 Å². The summed E-state index contributed by atoms with van der Waals surface area (Å²) in [6.07, 6.45) is 0. The number of ether oxygens (including phenoxy) is 1. The van der Waals surface area contributed by atoms with Crippen LogP contribution >= 0.6 is 27.5 Å². The quantitative estimate of drug-likeness (QED) is 0.448. The van der Waals surface area contributed by atoms with E-state index in [1.165, 1.54) is 18.2 Å². The van der Waals surface area contributed by atoms with Crippen LogP contribution in [-0.2, 0) is 0 Å². The van der Waals surface area contributed by atoms with Crippen LogP contribution in [-0.4, -0.2) is 17.3 Å². The van der Waals surface area contributed by atoms with Crippen LogP contribution in [0.5, 0.6) is 5.75 Å². The molecule has 0 N–H and O–H groups in total. The molecule has 0 heterocycles. The summed E-state index contributed by atoms with van der Waals surface area (Å²) in [5.74, 6) is -0.310. The monoisotopic (exact) mass is 369 g/mol. The van der Waals surface area contributed by atoms with E-state index in [0.29, 0.717) is 10.6 Å². The summed E-state index contributed by atoms with van der Waals surface area (Å²) in [5.41, 5.74) is 0.228. The molecule has 2 aromatic rings. The fraction of sp³-hybridized carbons (Fsp3) is 0.0714. The number of halogens is 2. The molecular weight excluding hydrogens is 362 g/mol. The second kappa shape index (κ2) is 6.69. The van der Waals surface area contributed by atoms with Crippen molar-refractivity contribution in [3.05, 3.63) is 67.6 Å². The highest BCUT2D eigenvalue weighted by molar-refractivity contribution is 9.10. The predicted octanol–water partition coefficient (Wildman–Crippen LogP) is 4.27. The lowest BCUT2D eigenvalue weighted by Crippen LogP contribution is -2.12. The Labute approximate surface area is 133 Å². The van der Waals surface area contributed by atoms with Gasteiger partial charge in [-0.2, -0.15) is 0 Å². The van der Waals surface area contributed by atoms with Gasteiger partial charge in [-0.3, -0.25) is 14.9 Å². The predicted molar refractivity (Wildman–Crippen MR) is 82.1 cm³/mol. The van der Waals surface area contributed by atoms with Crippen LogP contribution in [0.2, 0.25) is 5.02 Å². The smallest absolute Gasteiger partial charge is 0.311 e. The SMILES string of the molecule is O=C(COc1cc(Cl)ccc1[N+](=O)[O-])c1ccc(Br)cc1. The Kier molecular flexibility index (Phi) is 4.93. The zero-order chi connectivity index (χ0) is 15.4. The lowest BCUT2D eigenvalue weighted by molar-refractivity contribution is -0.385. The molecule has 0 aliphatic rings. The van der Waals surface area contributed by atoms with Gasteiger partial charge in [-0.1, -0.05) is 39.7 Å². The van der Waals surface area contributed by atoms with Gasteiger partial charge in [0.05, 0.1) is 4.92 Å². The summed E-state index contributed by atoms with van der Waals surface area (Å²) in [4.78, 5) is 22.2. The molecular formula is C14H9BrClNO4. The lowest BCUT2D eigenvalue weighted by atomic mass is 10.1. The molecule has 5 nitrogen and oxygen atoms in total. The number of hydrogen-bond acceptors (Lipinski definition) is 4. The first-order valence-electron chi connectivity index (χ1n) is 5.83. The van der Waals surface area contributed by atoms with Crippen molar-refractivity contribution in [2.24, 2.45) is 0 Å². The van der Waals surface area contributed by atoms with Crippen molar-refractivity contribution in [1.82, 2.24) is 0 Å². The van der Waals surface area contributed by atoms with Gasteiger partial charge in [0.25, 0.3) is 0 Å². The molecule has 0 aliphatic heterocycles. The van der Waals surface area contributed by atoms with Gasteiger partial charge in [-0.05, 0) is 18.2 Å². The Morgan fingerprint density at radius 3 is 2.52 bits per heavy atom. The standard InChI is InChI=1S/C14H9BrClNO4/c15-10-3-1-9(2-4-10)13(18)8-21-14-7-11(16)5-6-12(14)17(19)20/h1-7H,8H2. The molecule has 0 radical (unpaired) electrons. The first kappa shape index (κ1) is 15.5. The summed E-state index contributed by atoms with van der Waals surface area (Å²) in [6.45, 7) is -0.303. The van der Waals surface area contributed by atoms with Crippen molar-refractivity contribution in [1.29, 1.82) is 0 Å². The van der Waals surface area contributed by atoms with Crippen molar-refractivity contribution in [2.75, 3.05) is 6.61 Å². The molecule has 0 aliphatic carbocycles. The molecule has 0 saturated carbocycles. The van der Waals surface area contributed by atoms with Gasteiger partial charge in [-0.15, -0.1) is 0 Å². The van der Waals surface area contributed by atoms with Crippen molar-refractivity contribution in [3.63, 3.8) is 0 Å². The van der Waals surface area contributed by atoms with Crippen molar-refractivity contribution >= 4 is 39.0 Å². The van der Waals surface area contributed by atoms with Crippen LogP contribution in [0.25, 0.3) is 0 Å². The first-order chi connectivity index (χ1) is 9.97. The van der Waals surface area contributed by atoms with Crippen molar-refractivity contribution < 1.29 is 14.5 Å². The average molecular weight is 371 g/mol. The molecule has 0 saturated heterocycles. The highest BCUT2D eigenvalue weighted by Crippen LogP contribution is 2.30. The van der Waals surface area contributed by atoms with Crippen molar-refractivity contribution in [3.8, 4) is 5.75 Å². The molecule has 0 aromatic heterocycles. The molecule has 0 spiro atoms. The number of ketones is 1. The third-order valence-corrected chi connectivity index (χ3v) is 3.41. The van der Waals surface area contributed by atoms with E-state index in [2.05, 4.69) is 15.9 Å².